The van der Waals surface area contributed by atoms with E-state index in [0.717, 1.165) is 23.7 Å². The molecule has 18 heteroatoms. The van der Waals surface area contributed by atoms with E-state index < -0.39 is 34.6 Å². The van der Waals surface area contributed by atoms with Crippen LogP contribution in [0.25, 0.3) is 15.4 Å². The monoisotopic (exact) mass is 668 g/mol. The first-order valence-electron chi connectivity index (χ1n) is 11.5. The van der Waals surface area contributed by atoms with E-state index in [0.29, 0.717) is 5.11 Å². The van der Waals surface area contributed by atoms with E-state index in [1.165, 1.54) is 24.1 Å². The fourth-order valence-corrected chi connectivity index (χ4v) is 4.08. The average molecular weight is 670 g/mol. The van der Waals surface area contributed by atoms with Crippen LogP contribution in [0.15, 0.2) is 29.1 Å². The normalized spacial score (nSPS) is 12.9. The first kappa shape index (κ1) is 34.9. The Labute approximate surface area is 263 Å². The number of rotatable bonds is 3. The highest BCUT2D eigenvalue weighted by molar-refractivity contribution is 7.80. The number of aromatic nitrogens is 3. The lowest BCUT2D eigenvalue weighted by Gasteiger charge is -2.21. The van der Waals surface area contributed by atoms with E-state index >= 15 is 0 Å². The second kappa shape index (κ2) is 14.2. The van der Waals surface area contributed by atoms with Crippen LogP contribution in [-0.2, 0) is 9.59 Å². The molecular formula is C25H20Cl2F2N8O4S2. The van der Waals surface area contributed by atoms with Gasteiger partial charge in [-0.3, -0.25) is 14.6 Å². The van der Waals surface area contributed by atoms with Crippen molar-refractivity contribution in [1.29, 1.82) is 0 Å². The highest BCUT2D eigenvalue weighted by Crippen LogP contribution is 2.33. The minimum absolute atomic E-state index is 0.00409. The number of thiocarbonyl (C=S) groups is 1. The molecule has 0 spiro atoms. The highest BCUT2D eigenvalue weighted by atomic mass is 35.5. The Balaban J connectivity index is 0.000000254. The predicted octanol–water partition coefficient (Wildman–Crippen LogP) is 5.57. The molecule has 0 saturated carbocycles. The van der Waals surface area contributed by atoms with Crippen LogP contribution in [0, 0.1) is 36.5 Å². The predicted molar refractivity (Wildman–Crippen MR) is 162 cm³/mol. The van der Waals surface area contributed by atoms with Crippen LogP contribution in [-0.4, -0.2) is 42.4 Å². The number of halogens is 4. The van der Waals surface area contributed by atoms with Gasteiger partial charge in [-0.25, -0.2) is 38.4 Å². The quantitative estimate of drug-likeness (QED) is 0.159. The summed E-state index contributed by atoms with van der Waals surface area (Å²) in [4.78, 5) is 38.8. The zero-order valence-corrected chi connectivity index (χ0v) is 25.7. The summed E-state index contributed by atoms with van der Waals surface area (Å²) in [6.45, 7) is 19.9. The lowest BCUT2D eigenvalue weighted by molar-refractivity contribution is -0.148. The zero-order valence-electron chi connectivity index (χ0n) is 22.5. The summed E-state index contributed by atoms with van der Waals surface area (Å²) in [6, 6.07) is 4.71. The minimum Gasteiger partial charge on any atom is -0.476 e. The fourth-order valence-electron chi connectivity index (χ4n) is 3.05. The van der Waals surface area contributed by atoms with Crippen molar-refractivity contribution in [3.63, 3.8) is 0 Å². The molecule has 0 unspecified atom stereocenters. The number of hydrogen-bond acceptors (Lipinski definition) is 7. The molecule has 0 atom stereocenters. The Bertz CT molecular complexity index is 1820. The molecule has 4 N–H and O–H groups in total. The summed E-state index contributed by atoms with van der Waals surface area (Å²) in [6.07, 6.45) is 0. The van der Waals surface area contributed by atoms with Gasteiger partial charge >= 0.3 is 5.97 Å². The van der Waals surface area contributed by atoms with Crippen molar-refractivity contribution in [2.75, 3.05) is 5.01 Å². The first-order valence-corrected chi connectivity index (χ1v) is 13.1. The topological polar surface area (TPSA) is 141 Å². The SMILES string of the molecule is CC(=O)C(=O)O.[C-]#[N+]c1cc(F)c(-n2nc(C)c(=O)[nH]c2=S)cc1Cl.[C-]#[N+]c1cc(F)c(N2NC(C)(C)NC2=S)cc1Cl. The Morgan fingerprint density at radius 1 is 1.02 bits per heavy atom. The standard InChI is InChI=1S/C11H6ClFN4OS.C11H10ClFN4S.C3H4O3/c1-5-10(18)15-11(19)17(16-5)9-3-6(12)8(14-2)4-7(9)13;1-11(2)15-10(18)17(16-11)9-4-6(12)8(14-3)5-7(9)13;1-2(4)3(5)6/h3-4H,1H3,(H,15,18,19);4-5,16H,1-2H3,(H,15,18);1H3,(H,5,6). The Morgan fingerprint density at radius 3 is 1.91 bits per heavy atom. The van der Waals surface area contributed by atoms with Crippen molar-refractivity contribution in [3.8, 4) is 5.69 Å². The number of benzene rings is 2. The minimum atomic E-state index is -1.38. The number of aryl methyl sites for hydroxylation is 1. The lowest BCUT2D eigenvalue weighted by Crippen LogP contribution is -2.45. The molecule has 12 nitrogen and oxygen atoms in total. The van der Waals surface area contributed by atoms with E-state index in [2.05, 4.69) is 30.5 Å². The van der Waals surface area contributed by atoms with Crippen LogP contribution in [0.2, 0.25) is 10.0 Å². The Hall–Kier alpha value is -4.32. The van der Waals surface area contributed by atoms with E-state index in [4.69, 9.17) is 65.9 Å². The number of H-pyrrole nitrogens is 1. The van der Waals surface area contributed by atoms with Crippen LogP contribution in [0.5, 0.6) is 0 Å². The number of carbonyl (C=O) groups excluding carboxylic acids is 1. The summed E-state index contributed by atoms with van der Waals surface area (Å²) >= 11 is 21.8. The number of carboxylic acid groups (broad SMARTS) is 1. The third-order valence-corrected chi connectivity index (χ3v) is 6.21. The number of anilines is 1. The third kappa shape index (κ3) is 8.84. The Morgan fingerprint density at radius 2 is 1.49 bits per heavy atom. The molecule has 2 heterocycles. The largest absolute Gasteiger partial charge is 0.476 e. The number of aromatic amines is 1. The summed E-state index contributed by atoms with van der Waals surface area (Å²) < 4.78 is 28.8. The van der Waals surface area contributed by atoms with Gasteiger partial charge < -0.3 is 10.4 Å². The molecule has 4 rings (SSSR count). The van der Waals surface area contributed by atoms with Gasteiger partial charge in [-0.05, 0) is 69.5 Å². The number of ketones is 1. The molecule has 0 radical (unpaired) electrons. The number of carboxylic acids is 1. The van der Waals surface area contributed by atoms with Gasteiger partial charge in [-0.15, -0.1) is 0 Å². The molecule has 3 aromatic rings. The zero-order chi connectivity index (χ0) is 32.8. The number of hydrogen-bond donors (Lipinski definition) is 4. The summed E-state index contributed by atoms with van der Waals surface area (Å²) in [5.74, 6) is -3.46. The highest BCUT2D eigenvalue weighted by Gasteiger charge is 2.33. The van der Waals surface area contributed by atoms with Gasteiger partial charge in [0, 0.05) is 17.0 Å². The number of hydrazine groups is 1. The van der Waals surface area contributed by atoms with Crippen molar-refractivity contribution < 1.29 is 23.5 Å². The second-order valence-corrected chi connectivity index (χ2v) is 10.4. The summed E-state index contributed by atoms with van der Waals surface area (Å²) in [7, 11) is 0. The van der Waals surface area contributed by atoms with E-state index in [1.807, 2.05) is 13.8 Å². The summed E-state index contributed by atoms with van der Waals surface area (Å²) in [5, 5.41) is 16.6. The molecule has 1 aliphatic rings. The van der Waals surface area contributed by atoms with Crippen LogP contribution in [0.4, 0.5) is 25.8 Å². The molecule has 1 aromatic heterocycles. The summed E-state index contributed by atoms with van der Waals surface area (Å²) in [5.41, 5.74) is 2.48. The number of nitrogens with zero attached hydrogens (tertiary/aromatic N) is 5. The maximum absolute atomic E-state index is 13.9. The second-order valence-electron chi connectivity index (χ2n) is 8.85. The van der Waals surface area contributed by atoms with E-state index in [9.17, 15) is 23.2 Å². The fraction of sp³-hybridized carbons (Fsp3) is 0.200. The van der Waals surface area contributed by atoms with Crippen molar-refractivity contribution in [3.05, 3.63) is 89.6 Å². The molecule has 1 aliphatic heterocycles. The molecule has 2 aromatic carbocycles. The molecule has 0 bridgehead atoms. The van der Waals surface area contributed by atoms with Crippen LogP contribution in [0.3, 0.4) is 0 Å². The van der Waals surface area contributed by atoms with Gasteiger partial charge in [0.1, 0.15) is 28.7 Å². The van der Waals surface area contributed by atoms with Crippen molar-refractivity contribution in [1.82, 2.24) is 25.5 Å². The maximum Gasteiger partial charge on any atom is 0.371 e. The van der Waals surface area contributed by atoms with Gasteiger partial charge in [-0.2, -0.15) is 5.10 Å². The molecular weight excluding hydrogens is 649 g/mol. The van der Waals surface area contributed by atoms with E-state index in [1.54, 1.807) is 0 Å². The Kier molecular flexibility index (Phi) is 11.5. The average Bonchev–Trinajstić information content (AvgIpc) is 3.20. The molecule has 1 saturated heterocycles. The van der Waals surface area contributed by atoms with Gasteiger partial charge in [0.2, 0.25) is 21.9 Å². The van der Waals surface area contributed by atoms with Gasteiger partial charge in [0.05, 0.1) is 18.8 Å². The number of carbonyl (C=O) groups is 2. The maximum atomic E-state index is 13.9. The van der Waals surface area contributed by atoms with Crippen LogP contribution in [0.1, 0.15) is 26.5 Å². The van der Waals surface area contributed by atoms with Crippen molar-refractivity contribution in [2.24, 2.45) is 0 Å². The third-order valence-electron chi connectivity index (χ3n) is 5.05. The lowest BCUT2D eigenvalue weighted by atomic mass is 10.2. The molecule has 0 aliphatic carbocycles. The number of Topliss-reactive ketones (excluding diaryl/α,β-unsaturated/α-hetero) is 1. The van der Waals surface area contributed by atoms with E-state index in [-0.39, 0.29) is 43.3 Å². The van der Waals surface area contributed by atoms with Crippen molar-refractivity contribution in [2.45, 2.75) is 33.4 Å². The number of aliphatic carboxylic acids is 1. The van der Waals surface area contributed by atoms with Crippen molar-refractivity contribution >= 4 is 81.6 Å². The van der Waals surface area contributed by atoms with Crippen LogP contribution >= 0.6 is 47.6 Å². The number of nitrogens with one attached hydrogen (secondary N) is 3. The molecule has 224 valence electrons. The van der Waals surface area contributed by atoms with Gasteiger partial charge in [0.25, 0.3) is 5.56 Å². The molecule has 0 amide bonds. The smallest absolute Gasteiger partial charge is 0.371 e. The van der Waals surface area contributed by atoms with Crippen LogP contribution < -0.4 is 21.3 Å². The molecule has 1 fully saturated rings. The van der Waals surface area contributed by atoms with Gasteiger partial charge in [-0.1, -0.05) is 23.2 Å². The molecule has 43 heavy (non-hydrogen) atoms. The first-order chi connectivity index (χ1) is 19.9. The van der Waals surface area contributed by atoms with Gasteiger partial charge in [0.15, 0.2) is 5.11 Å².